The van der Waals surface area contributed by atoms with Gasteiger partial charge in [-0.1, -0.05) is 36.7 Å². The molecule has 23 heavy (non-hydrogen) atoms. The van der Waals surface area contributed by atoms with Gasteiger partial charge in [-0.25, -0.2) is 0 Å². The molecule has 0 saturated heterocycles. The topological polar surface area (TPSA) is 67.2 Å². The lowest BCUT2D eigenvalue weighted by Crippen LogP contribution is -2.28. The first-order valence-electron chi connectivity index (χ1n) is 7.96. The van der Waals surface area contributed by atoms with E-state index in [1.165, 1.54) is 5.56 Å². The number of nitrogens with one attached hydrogen (secondary N) is 2. The molecular formula is C18H25N3O2. The standard InChI is InChI=1S/C18H25N3O2/c1-12(2)7-16-9-15(21-23-16)10-19-11-18(22)20-17-6-5-13(3)8-14(17)4/h5-6,8-9,12,19H,7,10-11H2,1-4H3,(H,20,22). The number of anilines is 1. The van der Waals surface area contributed by atoms with E-state index in [0.29, 0.717) is 12.5 Å². The Morgan fingerprint density at radius 3 is 2.74 bits per heavy atom. The van der Waals surface area contributed by atoms with E-state index in [1.807, 2.05) is 32.0 Å². The molecule has 0 unspecified atom stereocenters. The van der Waals surface area contributed by atoms with Crippen molar-refractivity contribution in [2.45, 2.75) is 40.7 Å². The van der Waals surface area contributed by atoms with Crippen LogP contribution in [0.4, 0.5) is 5.69 Å². The first kappa shape index (κ1) is 17.2. The molecule has 1 amide bonds. The highest BCUT2D eigenvalue weighted by Gasteiger charge is 2.08. The van der Waals surface area contributed by atoms with Crippen LogP contribution in [0.25, 0.3) is 0 Å². The van der Waals surface area contributed by atoms with Crippen LogP contribution in [0.1, 0.15) is 36.4 Å². The molecule has 0 radical (unpaired) electrons. The minimum absolute atomic E-state index is 0.0668. The fourth-order valence-electron chi connectivity index (χ4n) is 2.39. The van der Waals surface area contributed by atoms with Gasteiger partial charge in [0.2, 0.25) is 5.91 Å². The Bertz CT molecular complexity index is 662. The lowest BCUT2D eigenvalue weighted by molar-refractivity contribution is -0.115. The number of rotatable bonds is 7. The van der Waals surface area contributed by atoms with Gasteiger partial charge in [-0.15, -0.1) is 0 Å². The molecule has 0 bridgehead atoms. The number of carbonyl (C=O) groups excluding carboxylic acids is 1. The van der Waals surface area contributed by atoms with Gasteiger partial charge < -0.3 is 15.2 Å². The van der Waals surface area contributed by atoms with E-state index in [2.05, 4.69) is 35.7 Å². The molecule has 1 heterocycles. The Morgan fingerprint density at radius 1 is 1.26 bits per heavy atom. The summed E-state index contributed by atoms with van der Waals surface area (Å²) in [6, 6.07) is 7.91. The molecule has 1 aromatic carbocycles. The van der Waals surface area contributed by atoms with E-state index >= 15 is 0 Å². The second kappa shape index (κ2) is 7.92. The van der Waals surface area contributed by atoms with Crippen molar-refractivity contribution in [1.29, 1.82) is 0 Å². The zero-order chi connectivity index (χ0) is 16.8. The van der Waals surface area contributed by atoms with E-state index in [9.17, 15) is 4.79 Å². The lowest BCUT2D eigenvalue weighted by atomic mass is 10.1. The second-order valence-electron chi connectivity index (χ2n) is 6.35. The molecule has 2 rings (SSSR count). The van der Waals surface area contributed by atoms with Crippen molar-refractivity contribution in [3.05, 3.63) is 46.8 Å². The molecule has 0 fully saturated rings. The van der Waals surface area contributed by atoms with Crippen molar-refractivity contribution in [2.75, 3.05) is 11.9 Å². The molecule has 0 aliphatic heterocycles. The monoisotopic (exact) mass is 315 g/mol. The van der Waals surface area contributed by atoms with Gasteiger partial charge in [0.15, 0.2) is 0 Å². The fraction of sp³-hybridized carbons (Fsp3) is 0.444. The average molecular weight is 315 g/mol. The van der Waals surface area contributed by atoms with Gasteiger partial charge in [0.1, 0.15) is 5.76 Å². The number of aromatic nitrogens is 1. The third kappa shape index (κ3) is 5.53. The molecule has 2 N–H and O–H groups in total. The number of carbonyl (C=O) groups is 1. The summed E-state index contributed by atoms with van der Waals surface area (Å²) >= 11 is 0. The maximum Gasteiger partial charge on any atom is 0.238 e. The van der Waals surface area contributed by atoms with Crippen LogP contribution >= 0.6 is 0 Å². The number of amides is 1. The number of benzene rings is 1. The molecule has 5 heteroatoms. The molecule has 0 atom stereocenters. The quantitative estimate of drug-likeness (QED) is 0.823. The highest BCUT2D eigenvalue weighted by molar-refractivity contribution is 5.92. The second-order valence-corrected chi connectivity index (χ2v) is 6.35. The molecule has 2 aromatic rings. The Labute approximate surface area is 137 Å². The zero-order valence-electron chi connectivity index (χ0n) is 14.3. The Kier molecular flexibility index (Phi) is 5.93. The normalized spacial score (nSPS) is 11.0. The van der Waals surface area contributed by atoms with Crippen LogP contribution in [0.3, 0.4) is 0 Å². The summed E-state index contributed by atoms with van der Waals surface area (Å²) in [7, 11) is 0. The van der Waals surface area contributed by atoms with E-state index < -0.39 is 0 Å². The van der Waals surface area contributed by atoms with Gasteiger partial charge in [0.05, 0.1) is 12.2 Å². The highest BCUT2D eigenvalue weighted by Crippen LogP contribution is 2.15. The van der Waals surface area contributed by atoms with Crippen LogP contribution in [0.5, 0.6) is 0 Å². The molecular weight excluding hydrogens is 290 g/mol. The van der Waals surface area contributed by atoms with Gasteiger partial charge in [0.25, 0.3) is 0 Å². The van der Waals surface area contributed by atoms with Gasteiger partial charge in [-0.2, -0.15) is 0 Å². The average Bonchev–Trinajstić information content (AvgIpc) is 2.88. The van der Waals surface area contributed by atoms with Crippen LogP contribution in [0.2, 0.25) is 0 Å². The van der Waals surface area contributed by atoms with Crippen LogP contribution in [-0.4, -0.2) is 17.6 Å². The molecule has 0 aliphatic carbocycles. The van der Waals surface area contributed by atoms with Crippen molar-refractivity contribution >= 4 is 11.6 Å². The molecule has 0 spiro atoms. The molecule has 0 aliphatic rings. The van der Waals surface area contributed by atoms with Crippen LogP contribution in [0, 0.1) is 19.8 Å². The van der Waals surface area contributed by atoms with E-state index in [0.717, 1.165) is 29.1 Å². The Morgan fingerprint density at radius 2 is 2.04 bits per heavy atom. The minimum atomic E-state index is -0.0668. The Hall–Kier alpha value is -2.14. The van der Waals surface area contributed by atoms with Gasteiger partial charge in [-0.3, -0.25) is 4.79 Å². The number of hydrogen-bond acceptors (Lipinski definition) is 4. The predicted octanol–water partition coefficient (Wildman–Crippen LogP) is 3.22. The fourth-order valence-corrected chi connectivity index (χ4v) is 2.39. The van der Waals surface area contributed by atoms with Crippen molar-refractivity contribution in [1.82, 2.24) is 10.5 Å². The van der Waals surface area contributed by atoms with E-state index in [-0.39, 0.29) is 12.5 Å². The van der Waals surface area contributed by atoms with Gasteiger partial charge >= 0.3 is 0 Å². The molecule has 124 valence electrons. The van der Waals surface area contributed by atoms with Crippen LogP contribution in [0.15, 0.2) is 28.8 Å². The van der Waals surface area contributed by atoms with E-state index in [1.54, 1.807) is 0 Å². The minimum Gasteiger partial charge on any atom is -0.361 e. The summed E-state index contributed by atoms with van der Waals surface area (Å²) in [4.78, 5) is 12.0. The number of hydrogen-bond donors (Lipinski definition) is 2. The maximum atomic E-state index is 12.0. The van der Waals surface area contributed by atoms with Crippen molar-refractivity contribution in [2.24, 2.45) is 5.92 Å². The van der Waals surface area contributed by atoms with Crippen LogP contribution in [-0.2, 0) is 17.8 Å². The first-order valence-corrected chi connectivity index (χ1v) is 7.96. The highest BCUT2D eigenvalue weighted by atomic mass is 16.5. The number of nitrogens with zero attached hydrogens (tertiary/aromatic N) is 1. The third-order valence-corrected chi connectivity index (χ3v) is 3.46. The summed E-state index contributed by atoms with van der Waals surface area (Å²) in [6.07, 6.45) is 0.875. The largest absolute Gasteiger partial charge is 0.361 e. The Balaban J connectivity index is 1.77. The summed E-state index contributed by atoms with van der Waals surface area (Å²) in [6.45, 7) is 9.05. The van der Waals surface area contributed by atoms with Gasteiger partial charge in [0, 0.05) is 24.7 Å². The van der Waals surface area contributed by atoms with E-state index in [4.69, 9.17) is 4.52 Å². The predicted molar refractivity (Wildman–Crippen MR) is 91.3 cm³/mol. The summed E-state index contributed by atoms with van der Waals surface area (Å²) < 4.78 is 5.27. The summed E-state index contributed by atoms with van der Waals surface area (Å²) in [5, 5.41) is 10.00. The summed E-state index contributed by atoms with van der Waals surface area (Å²) in [5.74, 6) is 1.35. The zero-order valence-corrected chi connectivity index (χ0v) is 14.3. The molecule has 5 nitrogen and oxygen atoms in total. The number of aryl methyl sites for hydroxylation is 2. The lowest BCUT2D eigenvalue weighted by Gasteiger charge is -2.09. The first-order chi connectivity index (χ1) is 10.9. The molecule has 0 saturated carbocycles. The maximum absolute atomic E-state index is 12.0. The SMILES string of the molecule is Cc1ccc(NC(=O)CNCc2cc(CC(C)C)on2)c(C)c1. The molecule has 1 aromatic heterocycles. The smallest absolute Gasteiger partial charge is 0.238 e. The van der Waals surface area contributed by atoms with Crippen molar-refractivity contribution in [3.63, 3.8) is 0 Å². The van der Waals surface area contributed by atoms with Crippen molar-refractivity contribution < 1.29 is 9.32 Å². The summed E-state index contributed by atoms with van der Waals surface area (Å²) in [5.41, 5.74) is 3.91. The van der Waals surface area contributed by atoms with Crippen molar-refractivity contribution in [3.8, 4) is 0 Å². The van der Waals surface area contributed by atoms with Gasteiger partial charge in [-0.05, 0) is 31.4 Å². The van der Waals surface area contributed by atoms with Crippen LogP contribution < -0.4 is 10.6 Å². The third-order valence-electron chi connectivity index (χ3n) is 3.46.